The van der Waals surface area contributed by atoms with Crippen molar-refractivity contribution in [1.82, 2.24) is 10.3 Å². The molecule has 0 aromatic carbocycles. The molecule has 1 rings (SSSR count). The van der Waals surface area contributed by atoms with Crippen LogP contribution in [0.1, 0.15) is 63.6 Å². The molecule has 0 aliphatic carbocycles. The van der Waals surface area contributed by atoms with E-state index in [9.17, 15) is 0 Å². The highest BCUT2D eigenvalue weighted by Gasteiger charge is 2.09. The molecule has 0 aliphatic heterocycles. The third kappa shape index (κ3) is 8.92. The average Bonchev–Trinajstić information content (AvgIpc) is 2.82. The zero-order valence-corrected chi connectivity index (χ0v) is 17.6. The predicted molar refractivity (Wildman–Crippen MR) is 108 cm³/mol. The lowest BCUT2D eigenvalue weighted by Crippen LogP contribution is -2.38. The number of nitrogens with zero attached hydrogens (tertiary/aromatic N) is 2. The largest absolute Gasteiger partial charge is 0.370 e. The van der Waals surface area contributed by atoms with Crippen molar-refractivity contribution >= 4 is 41.3 Å². The van der Waals surface area contributed by atoms with E-state index in [1.165, 1.54) is 12.8 Å². The molecule has 128 valence electrons. The first kappa shape index (κ1) is 21.6. The van der Waals surface area contributed by atoms with Crippen LogP contribution in [0, 0.1) is 12.8 Å². The molecule has 1 heterocycles. The molecule has 1 aromatic heterocycles. The van der Waals surface area contributed by atoms with Gasteiger partial charge in [0.05, 0.1) is 11.6 Å². The van der Waals surface area contributed by atoms with E-state index in [1.807, 2.05) is 6.92 Å². The lowest BCUT2D eigenvalue weighted by molar-refractivity contribution is 0.493. The van der Waals surface area contributed by atoms with Crippen LogP contribution in [0.4, 0.5) is 0 Å². The van der Waals surface area contributed by atoms with Crippen molar-refractivity contribution in [3.05, 3.63) is 16.1 Å². The lowest BCUT2D eigenvalue weighted by Gasteiger charge is -2.15. The molecule has 0 saturated carbocycles. The van der Waals surface area contributed by atoms with Crippen LogP contribution in [0.5, 0.6) is 0 Å². The molecule has 0 amide bonds. The van der Waals surface area contributed by atoms with Gasteiger partial charge in [-0.2, -0.15) is 0 Å². The molecule has 0 radical (unpaired) electrons. The third-order valence-corrected chi connectivity index (χ3v) is 4.60. The van der Waals surface area contributed by atoms with Crippen LogP contribution in [-0.4, -0.2) is 23.5 Å². The number of nitrogens with one attached hydrogen (secondary N) is 1. The zero-order valence-electron chi connectivity index (χ0n) is 14.4. The minimum atomic E-state index is 0. The van der Waals surface area contributed by atoms with Gasteiger partial charge in [0.25, 0.3) is 0 Å². The van der Waals surface area contributed by atoms with Crippen molar-refractivity contribution in [3.8, 4) is 0 Å². The van der Waals surface area contributed by atoms with Gasteiger partial charge in [0.15, 0.2) is 5.96 Å². The summed E-state index contributed by atoms with van der Waals surface area (Å²) in [7, 11) is 0. The van der Waals surface area contributed by atoms with Crippen LogP contribution in [0.2, 0.25) is 0 Å². The average molecular weight is 438 g/mol. The number of thiazole rings is 1. The number of aromatic nitrogens is 1. The highest BCUT2D eigenvalue weighted by Crippen LogP contribution is 2.19. The molecule has 2 atom stereocenters. The van der Waals surface area contributed by atoms with E-state index in [0.717, 1.165) is 23.0 Å². The number of nitrogens with two attached hydrogens (primary N) is 1. The fourth-order valence-corrected chi connectivity index (χ4v) is 2.96. The van der Waals surface area contributed by atoms with E-state index < -0.39 is 0 Å². The maximum atomic E-state index is 5.96. The van der Waals surface area contributed by atoms with Crippen LogP contribution in [-0.2, 0) is 0 Å². The van der Waals surface area contributed by atoms with Crippen LogP contribution < -0.4 is 11.1 Å². The summed E-state index contributed by atoms with van der Waals surface area (Å²) in [6.45, 7) is 11.5. The zero-order chi connectivity index (χ0) is 15.8. The molecule has 2 unspecified atom stereocenters. The molecular weight excluding hydrogens is 407 g/mol. The van der Waals surface area contributed by atoms with Crippen molar-refractivity contribution < 1.29 is 0 Å². The summed E-state index contributed by atoms with van der Waals surface area (Å²) in [5.74, 6) is 1.64. The monoisotopic (exact) mass is 438 g/mol. The van der Waals surface area contributed by atoms with Gasteiger partial charge in [-0.15, -0.1) is 35.3 Å². The van der Waals surface area contributed by atoms with Crippen molar-refractivity contribution in [2.75, 3.05) is 6.54 Å². The van der Waals surface area contributed by atoms with E-state index in [1.54, 1.807) is 11.3 Å². The van der Waals surface area contributed by atoms with Crippen molar-refractivity contribution in [2.45, 2.75) is 65.8 Å². The minimum Gasteiger partial charge on any atom is -0.370 e. The Hall–Kier alpha value is -0.370. The summed E-state index contributed by atoms with van der Waals surface area (Å²) in [6.07, 6.45) is 3.63. The van der Waals surface area contributed by atoms with Gasteiger partial charge in [0, 0.05) is 23.0 Å². The lowest BCUT2D eigenvalue weighted by atomic mass is 10.0. The minimum absolute atomic E-state index is 0. The number of hydrogen-bond donors (Lipinski definition) is 2. The number of rotatable bonds is 8. The molecule has 3 N–H and O–H groups in total. The van der Waals surface area contributed by atoms with Gasteiger partial charge in [-0.3, -0.25) is 4.99 Å². The number of aryl methyl sites for hydroxylation is 1. The quantitative estimate of drug-likeness (QED) is 0.362. The number of guanidine groups is 1. The van der Waals surface area contributed by atoms with Gasteiger partial charge >= 0.3 is 0 Å². The summed E-state index contributed by atoms with van der Waals surface area (Å²) in [5.41, 5.74) is 7.04. The standard InChI is InChI=1S/C16H30N4S.HI/c1-11(2)7-6-8-13(4)20-16(17)18-9-12(3)15-19-14(5)10-21-15;/h10-13H,6-9H2,1-5H3,(H3,17,18,20);1H. The maximum Gasteiger partial charge on any atom is 0.188 e. The smallest absolute Gasteiger partial charge is 0.188 e. The number of halogens is 1. The Kier molecular flexibility index (Phi) is 11.0. The van der Waals surface area contributed by atoms with Gasteiger partial charge in [0.2, 0.25) is 0 Å². The van der Waals surface area contributed by atoms with Gasteiger partial charge in [-0.05, 0) is 26.2 Å². The summed E-state index contributed by atoms with van der Waals surface area (Å²) in [4.78, 5) is 8.94. The summed E-state index contributed by atoms with van der Waals surface area (Å²) < 4.78 is 0. The number of hydrogen-bond acceptors (Lipinski definition) is 3. The molecule has 0 aliphatic rings. The molecule has 4 nitrogen and oxygen atoms in total. The van der Waals surface area contributed by atoms with Gasteiger partial charge in [0.1, 0.15) is 0 Å². The fourth-order valence-electron chi connectivity index (χ4n) is 2.11. The van der Waals surface area contributed by atoms with Gasteiger partial charge < -0.3 is 11.1 Å². The molecule has 0 bridgehead atoms. The van der Waals surface area contributed by atoms with Crippen molar-refractivity contribution in [1.29, 1.82) is 0 Å². The van der Waals surface area contributed by atoms with E-state index in [2.05, 4.69) is 48.4 Å². The first-order valence-electron chi connectivity index (χ1n) is 7.87. The normalized spacial score (nSPS) is 14.5. The second-order valence-electron chi connectivity index (χ2n) is 6.32. The first-order chi connectivity index (χ1) is 9.88. The number of aliphatic imine (C=N–C) groups is 1. The first-order valence-corrected chi connectivity index (χ1v) is 8.75. The third-order valence-electron chi connectivity index (χ3n) is 3.41. The van der Waals surface area contributed by atoms with Crippen LogP contribution in [0.25, 0.3) is 0 Å². The Balaban J connectivity index is 0.00000441. The summed E-state index contributed by atoms with van der Waals surface area (Å²) in [6, 6.07) is 0.380. The fraction of sp³-hybridized carbons (Fsp3) is 0.750. The Labute approximate surface area is 156 Å². The SMILES string of the molecule is Cc1csc(C(C)CN=C(N)NC(C)CCCC(C)C)n1.I. The molecule has 6 heteroatoms. The van der Waals surface area contributed by atoms with Gasteiger partial charge in [-0.1, -0.05) is 33.6 Å². The van der Waals surface area contributed by atoms with E-state index in [4.69, 9.17) is 5.73 Å². The molecular formula is C16H31IN4S. The van der Waals surface area contributed by atoms with Crippen molar-refractivity contribution in [2.24, 2.45) is 16.6 Å². The Morgan fingerprint density at radius 2 is 2.00 bits per heavy atom. The molecule has 0 saturated heterocycles. The highest BCUT2D eigenvalue weighted by molar-refractivity contribution is 14.0. The molecule has 0 spiro atoms. The second kappa shape index (κ2) is 11.2. The van der Waals surface area contributed by atoms with E-state index in [0.29, 0.717) is 24.5 Å². The Morgan fingerprint density at radius 1 is 1.32 bits per heavy atom. The molecule has 0 fully saturated rings. The van der Waals surface area contributed by atoms with Crippen LogP contribution in [0.3, 0.4) is 0 Å². The van der Waals surface area contributed by atoms with Gasteiger partial charge in [-0.25, -0.2) is 4.98 Å². The second-order valence-corrected chi connectivity index (χ2v) is 7.21. The maximum absolute atomic E-state index is 5.96. The topological polar surface area (TPSA) is 63.3 Å². The Bertz CT molecular complexity index is 445. The summed E-state index contributed by atoms with van der Waals surface area (Å²) >= 11 is 1.70. The van der Waals surface area contributed by atoms with E-state index in [-0.39, 0.29) is 24.0 Å². The molecule has 22 heavy (non-hydrogen) atoms. The summed E-state index contributed by atoms with van der Waals surface area (Å²) in [5, 5.41) is 6.49. The molecule has 1 aromatic rings. The predicted octanol–water partition coefficient (Wildman–Crippen LogP) is 4.29. The van der Waals surface area contributed by atoms with Crippen LogP contribution >= 0.6 is 35.3 Å². The highest BCUT2D eigenvalue weighted by atomic mass is 127. The van der Waals surface area contributed by atoms with E-state index >= 15 is 0 Å². The van der Waals surface area contributed by atoms with Crippen molar-refractivity contribution in [3.63, 3.8) is 0 Å². The Morgan fingerprint density at radius 3 is 2.55 bits per heavy atom. The van der Waals surface area contributed by atoms with Crippen LogP contribution in [0.15, 0.2) is 10.4 Å².